The zero-order valence-electron chi connectivity index (χ0n) is 7.82. The quantitative estimate of drug-likeness (QED) is 0.573. The molecule has 2 rings (SSSR count). The number of hydrogen-bond acceptors (Lipinski definition) is 3. The maximum atomic E-state index is 5.65. The summed E-state index contributed by atoms with van der Waals surface area (Å²) in [4.78, 5) is 2.49. The Kier molecular flexibility index (Phi) is 2.35. The fraction of sp³-hybridized carbons (Fsp3) is 1.00. The Morgan fingerprint density at radius 1 is 1.08 bits per heavy atom. The van der Waals surface area contributed by atoms with Crippen LogP contribution in [0.3, 0.4) is 0 Å². The third kappa shape index (κ3) is 1.63. The summed E-state index contributed by atoms with van der Waals surface area (Å²) in [7, 11) is 0. The largest absolute Gasteiger partial charge is 0.378 e. The molecule has 0 saturated carbocycles. The van der Waals surface area contributed by atoms with Crippen molar-refractivity contribution in [3.05, 3.63) is 0 Å². The minimum absolute atomic E-state index is 0.384. The second-order valence-corrected chi connectivity index (χ2v) is 3.90. The lowest BCUT2D eigenvalue weighted by molar-refractivity contribution is -0.132. The molecular formula is C9H17NO2. The first-order valence-corrected chi connectivity index (χ1v) is 4.73. The predicted molar refractivity (Wildman–Crippen MR) is 46.2 cm³/mol. The number of rotatable bonds is 1. The molecule has 2 heterocycles. The molecule has 2 unspecified atom stereocenters. The molecule has 0 aromatic carbocycles. The summed E-state index contributed by atoms with van der Waals surface area (Å²) >= 11 is 0. The molecular weight excluding hydrogens is 154 g/mol. The monoisotopic (exact) mass is 171 g/mol. The summed E-state index contributed by atoms with van der Waals surface area (Å²) in [5.74, 6) is 0. The minimum Gasteiger partial charge on any atom is -0.378 e. The Morgan fingerprint density at radius 2 is 1.67 bits per heavy atom. The summed E-state index contributed by atoms with van der Waals surface area (Å²) in [5.41, 5.74) is 0. The van der Waals surface area contributed by atoms with Gasteiger partial charge in [0.1, 0.15) is 0 Å². The predicted octanol–water partition coefficient (Wildman–Crippen LogP) is 0.494. The van der Waals surface area contributed by atoms with Crippen molar-refractivity contribution in [3.63, 3.8) is 0 Å². The van der Waals surface area contributed by atoms with E-state index >= 15 is 0 Å². The maximum absolute atomic E-state index is 5.65. The highest BCUT2D eigenvalue weighted by atomic mass is 16.5. The summed E-state index contributed by atoms with van der Waals surface area (Å²) in [6.07, 6.45) is 0.767. The molecule has 0 bridgehead atoms. The fourth-order valence-electron chi connectivity index (χ4n) is 1.95. The number of ether oxygens (including phenoxy) is 2. The van der Waals surface area contributed by atoms with Gasteiger partial charge in [0.2, 0.25) is 0 Å². The van der Waals surface area contributed by atoms with Crippen molar-refractivity contribution in [1.82, 2.24) is 4.90 Å². The standard InChI is InChI=1S/C9H17NO2/c1-7-3-10(4-8(2)12-7)9-5-11-6-9/h7-9H,3-6H2,1-2H3. The lowest BCUT2D eigenvalue weighted by Gasteiger charge is -2.43. The van der Waals surface area contributed by atoms with Crippen LogP contribution >= 0.6 is 0 Å². The highest BCUT2D eigenvalue weighted by molar-refractivity contribution is 4.83. The molecule has 0 N–H and O–H groups in total. The molecule has 0 aliphatic carbocycles. The van der Waals surface area contributed by atoms with Crippen molar-refractivity contribution in [2.75, 3.05) is 26.3 Å². The van der Waals surface area contributed by atoms with E-state index in [9.17, 15) is 0 Å². The van der Waals surface area contributed by atoms with Crippen LogP contribution < -0.4 is 0 Å². The van der Waals surface area contributed by atoms with Gasteiger partial charge in [-0.25, -0.2) is 0 Å². The van der Waals surface area contributed by atoms with Gasteiger partial charge in [0.25, 0.3) is 0 Å². The smallest absolute Gasteiger partial charge is 0.0678 e. The maximum Gasteiger partial charge on any atom is 0.0678 e. The molecule has 0 aromatic heterocycles. The molecule has 12 heavy (non-hydrogen) atoms. The molecule has 0 amide bonds. The Bertz CT molecular complexity index is 149. The van der Waals surface area contributed by atoms with Crippen molar-refractivity contribution >= 4 is 0 Å². The van der Waals surface area contributed by atoms with Crippen LogP contribution in [0.2, 0.25) is 0 Å². The first-order valence-electron chi connectivity index (χ1n) is 4.73. The second-order valence-electron chi connectivity index (χ2n) is 3.90. The Morgan fingerprint density at radius 3 is 2.08 bits per heavy atom. The van der Waals surface area contributed by atoms with E-state index in [0.717, 1.165) is 26.3 Å². The van der Waals surface area contributed by atoms with Crippen LogP contribution in [-0.4, -0.2) is 49.5 Å². The molecule has 2 aliphatic heterocycles. The van der Waals surface area contributed by atoms with Crippen molar-refractivity contribution in [2.24, 2.45) is 0 Å². The topological polar surface area (TPSA) is 21.7 Å². The minimum atomic E-state index is 0.384. The Balaban J connectivity index is 1.87. The van der Waals surface area contributed by atoms with Gasteiger partial charge < -0.3 is 9.47 Å². The number of hydrogen-bond donors (Lipinski definition) is 0. The molecule has 2 aliphatic rings. The van der Waals surface area contributed by atoms with Gasteiger partial charge in [0.05, 0.1) is 31.5 Å². The SMILES string of the molecule is CC1CN(C2COC2)CC(C)O1. The van der Waals surface area contributed by atoms with Crippen LogP contribution in [0.4, 0.5) is 0 Å². The van der Waals surface area contributed by atoms with Crippen LogP contribution in [0.25, 0.3) is 0 Å². The molecule has 2 saturated heterocycles. The lowest BCUT2D eigenvalue weighted by Crippen LogP contribution is -2.56. The molecule has 0 aromatic rings. The van der Waals surface area contributed by atoms with Crippen LogP contribution in [-0.2, 0) is 9.47 Å². The first kappa shape index (κ1) is 8.48. The fourth-order valence-corrected chi connectivity index (χ4v) is 1.95. The molecule has 3 heteroatoms. The third-order valence-electron chi connectivity index (χ3n) is 2.58. The summed E-state index contributed by atoms with van der Waals surface area (Å²) < 4.78 is 10.8. The van der Waals surface area contributed by atoms with Gasteiger partial charge in [-0.2, -0.15) is 0 Å². The van der Waals surface area contributed by atoms with Crippen LogP contribution in [0.15, 0.2) is 0 Å². The normalized spacial score (nSPS) is 39.5. The molecule has 0 spiro atoms. The van der Waals surface area contributed by atoms with E-state index in [1.165, 1.54) is 0 Å². The van der Waals surface area contributed by atoms with E-state index in [1.807, 2.05) is 0 Å². The number of morpholine rings is 1. The third-order valence-corrected chi connectivity index (χ3v) is 2.58. The Labute approximate surface area is 73.6 Å². The van der Waals surface area contributed by atoms with Crippen LogP contribution in [0.1, 0.15) is 13.8 Å². The van der Waals surface area contributed by atoms with Crippen molar-refractivity contribution in [1.29, 1.82) is 0 Å². The van der Waals surface area contributed by atoms with E-state index in [2.05, 4.69) is 18.7 Å². The second kappa shape index (κ2) is 3.32. The molecule has 3 nitrogen and oxygen atoms in total. The van der Waals surface area contributed by atoms with Crippen molar-refractivity contribution in [3.8, 4) is 0 Å². The van der Waals surface area contributed by atoms with Crippen LogP contribution in [0.5, 0.6) is 0 Å². The van der Waals surface area contributed by atoms with E-state index in [4.69, 9.17) is 9.47 Å². The van der Waals surface area contributed by atoms with E-state index in [0.29, 0.717) is 18.2 Å². The summed E-state index contributed by atoms with van der Waals surface area (Å²) in [6, 6.07) is 0.666. The summed E-state index contributed by atoms with van der Waals surface area (Å²) in [6.45, 7) is 8.25. The van der Waals surface area contributed by atoms with Gasteiger partial charge in [-0.05, 0) is 13.8 Å². The van der Waals surface area contributed by atoms with Crippen molar-refractivity contribution in [2.45, 2.75) is 32.1 Å². The average Bonchev–Trinajstić information content (AvgIpc) is 1.79. The van der Waals surface area contributed by atoms with Gasteiger partial charge in [0.15, 0.2) is 0 Å². The molecule has 70 valence electrons. The molecule has 0 radical (unpaired) electrons. The zero-order valence-corrected chi connectivity index (χ0v) is 7.82. The number of nitrogens with zero attached hydrogens (tertiary/aromatic N) is 1. The van der Waals surface area contributed by atoms with Gasteiger partial charge in [-0.15, -0.1) is 0 Å². The van der Waals surface area contributed by atoms with Crippen LogP contribution in [0, 0.1) is 0 Å². The molecule has 2 fully saturated rings. The lowest BCUT2D eigenvalue weighted by atomic mass is 10.1. The van der Waals surface area contributed by atoms with E-state index in [-0.39, 0.29) is 0 Å². The van der Waals surface area contributed by atoms with Gasteiger partial charge in [-0.3, -0.25) is 4.90 Å². The summed E-state index contributed by atoms with van der Waals surface area (Å²) in [5, 5.41) is 0. The highest BCUT2D eigenvalue weighted by Gasteiger charge is 2.31. The van der Waals surface area contributed by atoms with E-state index in [1.54, 1.807) is 0 Å². The highest BCUT2D eigenvalue weighted by Crippen LogP contribution is 2.17. The molecule has 2 atom stereocenters. The van der Waals surface area contributed by atoms with Gasteiger partial charge in [-0.1, -0.05) is 0 Å². The van der Waals surface area contributed by atoms with Crippen molar-refractivity contribution < 1.29 is 9.47 Å². The Hall–Kier alpha value is -0.120. The van der Waals surface area contributed by atoms with E-state index < -0.39 is 0 Å². The van der Waals surface area contributed by atoms with Gasteiger partial charge in [0, 0.05) is 13.1 Å². The zero-order chi connectivity index (χ0) is 8.55. The average molecular weight is 171 g/mol. The van der Waals surface area contributed by atoms with Gasteiger partial charge >= 0.3 is 0 Å². The first-order chi connectivity index (χ1) is 5.75.